The first-order valence-corrected chi connectivity index (χ1v) is 11.3. The fraction of sp³-hybridized carbons (Fsp3) is 0.375. The van der Waals surface area contributed by atoms with Gasteiger partial charge in [-0.05, 0) is 23.8 Å². The molecule has 4 heterocycles. The molecule has 3 aromatic rings. The van der Waals surface area contributed by atoms with E-state index < -0.39 is 11.9 Å². The highest BCUT2D eigenvalue weighted by Gasteiger charge is 2.30. The number of carbonyl (C=O) groups excluding carboxylic acids is 1. The number of likely N-dealkylation sites (tertiary alicyclic amines) is 1. The summed E-state index contributed by atoms with van der Waals surface area (Å²) >= 11 is 0. The number of benzene rings is 1. The lowest BCUT2D eigenvalue weighted by molar-refractivity contribution is -0.118. The summed E-state index contributed by atoms with van der Waals surface area (Å²) in [5.41, 5.74) is 2.51. The zero-order chi connectivity index (χ0) is 23.7. The van der Waals surface area contributed by atoms with E-state index in [0.29, 0.717) is 61.7 Å². The van der Waals surface area contributed by atoms with Crippen LogP contribution in [0.25, 0.3) is 11.0 Å². The van der Waals surface area contributed by atoms with Crippen molar-refractivity contribution in [1.29, 1.82) is 0 Å². The maximum Gasteiger partial charge on any atom is 0.262 e. The third-order valence-electron chi connectivity index (χ3n) is 6.34. The first-order chi connectivity index (χ1) is 16.5. The summed E-state index contributed by atoms with van der Waals surface area (Å²) in [6.07, 6.45) is 0.659. The van der Waals surface area contributed by atoms with Crippen LogP contribution in [-0.4, -0.2) is 64.4 Å². The number of pyridine rings is 2. The molecule has 2 aromatic heterocycles. The highest BCUT2D eigenvalue weighted by molar-refractivity contribution is 5.95. The molecule has 1 fully saturated rings. The Morgan fingerprint density at radius 3 is 2.94 bits per heavy atom. The second-order valence-electron chi connectivity index (χ2n) is 8.77. The number of β-amino-alcohol motifs (C(OH)–C–C–N with tert-alkyl or cyclic N) is 1. The number of nitrogens with zero attached hydrogens (tertiary/aromatic N) is 3. The molecular formula is C24H26FN5O4. The Hall–Kier alpha value is -3.34. The first-order valence-electron chi connectivity index (χ1n) is 11.3. The average Bonchev–Trinajstić information content (AvgIpc) is 3.17. The Morgan fingerprint density at radius 2 is 2.06 bits per heavy atom. The van der Waals surface area contributed by atoms with Gasteiger partial charge in [0.15, 0.2) is 6.61 Å². The summed E-state index contributed by atoms with van der Waals surface area (Å²) < 4.78 is 20.6. The number of aliphatic hydroxyl groups excluding tert-OH is 1. The smallest absolute Gasteiger partial charge is 0.262 e. The second-order valence-corrected chi connectivity index (χ2v) is 8.77. The molecule has 1 aromatic carbocycles. The van der Waals surface area contributed by atoms with Crippen molar-refractivity contribution in [3.05, 3.63) is 64.3 Å². The van der Waals surface area contributed by atoms with E-state index in [1.165, 1.54) is 16.7 Å². The van der Waals surface area contributed by atoms with Crippen molar-refractivity contribution < 1.29 is 19.0 Å². The fourth-order valence-corrected chi connectivity index (χ4v) is 4.58. The van der Waals surface area contributed by atoms with Crippen LogP contribution in [0, 0.1) is 11.7 Å². The van der Waals surface area contributed by atoms with Crippen molar-refractivity contribution in [2.45, 2.75) is 19.2 Å². The number of aliphatic hydroxyl groups is 1. The maximum absolute atomic E-state index is 13.7. The largest absolute Gasteiger partial charge is 0.482 e. The van der Waals surface area contributed by atoms with Crippen LogP contribution in [0.4, 0.5) is 10.1 Å². The van der Waals surface area contributed by atoms with Gasteiger partial charge in [0.2, 0.25) is 0 Å². The van der Waals surface area contributed by atoms with Gasteiger partial charge in [0.05, 0.1) is 29.0 Å². The second kappa shape index (κ2) is 9.49. The molecule has 178 valence electrons. The van der Waals surface area contributed by atoms with Gasteiger partial charge >= 0.3 is 0 Å². The molecule has 0 spiro atoms. The lowest BCUT2D eigenvalue weighted by Gasteiger charge is -2.19. The zero-order valence-electron chi connectivity index (χ0n) is 18.5. The number of fused-ring (bicyclic) bond motifs is 2. The number of hydrogen-bond acceptors (Lipinski definition) is 7. The highest BCUT2D eigenvalue weighted by Crippen LogP contribution is 2.28. The summed E-state index contributed by atoms with van der Waals surface area (Å²) in [5, 5.41) is 16.7. The minimum absolute atomic E-state index is 0.0313. The number of carbonyl (C=O) groups is 1. The SMILES string of the molecule is O=C1COc2ccc(CNC[C@H]3CN(CCn4c(=O)ccc5ncc(F)cc54)C[C@H]3O)cc2N1. The van der Waals surface area contributed by atoms with Gasteiger partial charge < -0.3 is 25.0 Å². The third-order valence-corrected chi connectivity index (χ3v) is 6.34. The minimum Gasteiger partial charge on any atom is -0.482 e. The lowest BCUT2D eigenvalue weighted by atomic mass is 10.1. The molecule has 5 rings (SSSR count). The molecule has 0 unspecified atom stereocenters. The molecule has 10 heteroatoms. The third kappa shape index (κ3) is 4.79. The number of ether oxygens (including phenoxy) is 1. The monoisotopic (exact) mass is 467 g/mol. The van der Waals surface area contributed by atoms with Crippen molar-refractivity contribution in [3.8, 4) is 5.75 Å². The van der Waals surface area contributed by atoms with Crippen molar-refractivity contribution in [1.82, 2.24) is 19.8 Å². The molecule has 0 radical (unpaired) electrons. The van der Waals surface area contributed by atoms with E-state index in [1.54, 1.807) is 6.07 Å². The van der Waals surface area contributed by atoms with Gasteiger partial charge in [-0.3, -0.25) is 19.5 Å². The predicted octanol–water partition coefficient (Wildman–Crippen LogP) is 0.949. The van der Waals surface area contributed by atoms with Gasteiger partial charge in [0, 0.05) is 57.3 Å². The van der Waals surface area contributed by atoms with E-state index in [9.17, 15) is 19.1 Å². The highest BCUT2D eigenvalue weighted by atomic mass is 19.1. The zero-order valence-corrected chi connectivity index (χ0v) is 18.5. The Morgan fingerprint density at radius 1 is 1.18 bits per heavy atom. The van der Waals surface area contributed by atoms with Gasteiger partial charge in [0.1, 0.15) is 11.6 Å². The van der Waals surface area contributed by atoms with E-state index in [1.807, 2.05) is 18.2 Å². The normalized spacial score (nSPS) is 20.2. The van der Waals surface area contributed by atoms with E-state index in [4.69, 9.17) is 4.74 Å². The average molecular weight is 468 g/mol. The molecule has 0 saturated carbocycles. The van der Waals surface area contributed by atoms with Crippen molar-refractivity contribution in [2.75, 3.05) is 38.1 Å². The maximum atomic E-state index is 13.7. The Kier molecular flexibility index (Phi) is 6.27. The van der Waals surface area contributed by atoms with E-state index in [2.05, 4.69) is 20.5 Å². The number of halogens is 1. The summed E-state index contributed by atoms with van der Waals surface area (Å²) in [4.78, 5) is 30.0. The fourth-order valence-electron chi connectivity index (χ4n) is 4.58. The van der Waals surface area contributed by atoms with Crippen LogP contribution in [0.3, 0.4) is 0 Å². The van der Waals surface area contributed by atoms with Crippen molar-refractivity contribution in [3.63, 3.8) is 0 Å². The van der Waals surface area contributed by atoms with Gasteiger partial charge in [-0.15, -0.1) is 0 Å². The Labute approximate surface area is 195 Å². The summed E-state index contributed by atoms with van der Waals surface area (Å²) in [6.45, 7) is 3.40. The molecule has 2 aliphatic heterocycles. The molecular weight excluding hydrogens is 441 g/mol. The van der Waals surface area contributed by atoms with Gasteiger partial charge in [0.25, 0.3) is 11.5 Å². The number of nitrogens with one attached hydrogen (secondary N) is 2. The number of hydrogen-bond donors (Lipinski definition) is 3. The number of amides is 1. The van der Waals surface area contributed by atoms with E-state index in [0.717, 1.165) is 11.8 Å². The van der Waals surface area contributed by atoms with Crippen LogP contribution in [0.1, 0.15) is 5.56 Å². The van der Waals surface area contributed by atoms with Gasteiger partial charge in [-0.2, -0.15) is 0 Å². The van der Waals surface area contributed by atoms with E-state index >= 15 is 0 Å². The van der Waals surface area contributed by atoms with Crippen molar-refractivity contribution >= 4 is 22.6 Å². The van der Waals surface area contributed by atoms with E-state index in [-0.39, 0.29) is 24.0 Å². The molecule has 2 aliphatic rings. The van der Waals surface area contributed by atoms with Gasteiger partial charge in [-0.1, -0.05) is 6.07 Å². The first kappa shape index (κ1) is 22.5. The lowest BCUT2D eigenvalue weighted by Crippen LogP contribution is -2.31. The molecule has 1 amide bonds. The van der Waals surface area contributed by atoms with Crippen LogP contribution in [0.5, 0.6) is 5.75 Å². The number of rotatable bonds is 7. The molecule has 0 aliphatic carbocycles. The molecule has 9 nitrogen and oxygen atoms in total. The standard InChI is InChI=1S/C24H26FN5O4/c25-17-8-20-18(27-11-17)2-4-24(33)30(20)6-5-29-12-16(21(31)13-29)10-26-9-15-1-3-22-19(7-15)28-23(32)14-34-22/h1-4,7-8,11,16,21,26,31H,5-6,9-10,12-14H2,(H,28,32)/t16-,21+/m0/s1. The quantitative estimate of drug-likeness (QED) is 0.475. The molecule has 0 bridgehead atoms. The summed E-state index contributed by atoms with van der Waals surface area (Å²) in [6, 6.07) is 10.0. The van der Waals surface area contributed by atoms with Crippen LogP contribution >= 0.6 is 0 Å². The van der Waals surface area contributed by atoms with Crippen LogP contribution < -0.4 is 20.9 Å². The molecule has 3 N–H and O–H groups in total. The van der Waals surface area contributed by atoms with Crippen LogP contribution in [0.15, 0.2) is 47.4 Å². The number of aromatic nitrogens is 2. The molecule has 34 heavy (non-hydrogen) atoms. The Balaban J connectivity index is 1.15. The van der Waals surface area contributed by atoms with Crippen molar-refractivity contribution in [2.24, 2.45) is 5.92 Å². The predicted molar refractivity (Wildman–Crippen MR) is 124 cm³/mol. The van der Waals surface area contributed by atoms with Crippen LogP contribution in [-0.2, 0) is 17.9 Å². The van der Waals surface area contributed by atoms with Gasteiger partial charge in [-0.25, -0.2) is 4.39 Å². The Bertz CT molecular complexity index is 1280. The molecule has 2 atom stereocenters. The number of anilines is 1. The molecule has 1 saturated heterocycles. The topological polar surface area (TPSA) is 109 Å². The summed E-state index contributed by atoms with van der Waals surface area (Å²) in [7, 11) is 0. The van der Waals surface area contributed by atoms with Crippen LogP contribution in [0.2, 0.25) is 0 Å². The summed E-state index contributed by atoms with van der Waals surface area (Å²) in [5.74, 6) is 0.0559. The minimum atomic E-state index is -0.483.